The number of carbonyl (C=O) groups excluding carboxylic acids is 3. The summed E-state index contributed by atoms with van der Waals surface area (Å²) in [5.74, 6) is -2.41. The van der Waals surface area contributed by atoms with Crippen LogP contribution in [0.3, 0.4) is 0 Å². The minimum atomic E-state index is -1.13. The van der Waals surface area contributed by atoms with Gasteiger partial charge in [0.15, 0.2) is 5.78 Å². The summed E-state index contributed by atoms with van der Waals surface area (Å²) in [5, 5.41) is 0. The van der Waals surface area contributed by atoms with Crippen LogP contribution in [-0.4, -0.2) is 24.5 Å². The van der Waals surface area contributed by atoms with Crippen LogP contribution in [0.15, 0.2) is 51.5 Å². The van der Waals surface area contributed by atoms with Crippen LogP contribution in [0.25, 0.3) is 6.08 Å². The molecule has 0 aromatic heterocycles. The average molecular weight is 440 g/mol. The Morgan fingerprint density at radius 2 is 2.00 bits per heavy atom. The Morgan fingerprint density at radius 3 is 2.70 bits per heavy atom. The summed E-state index contributed by atoms with van der Waals surface area (Å²) in [6, 6.07) is 7.14. The van der Waals surface area contributed by atoms with E-state index in [1.807, 2.05) is 0 Å². The molecule has 0 spiro atoms. The second-order valence-electron chi connectivity index (χ2n) is 4.73. The lowest BCUT2D eigenvalue weighted by molar-refractivity contribution is -0.138. The first-order valence-electron chi connectivity index (χ1n) is 6.61. The van der Waals surface area contributed by atoms with Crippen molar-refractivity contribution in [2.75, 3.05) is 7.11 Å². The fraction of sp³-hybridized carbons (Fsp3) is 0.118. The van der Waals surface area contributed by atoms with Gasteiger partial charge in [0, 0.05) is 4.48 Å². The van der Waals surface area contributed by atoms with E-state index in [1.54, 1.807) is 37.5 Å². The molecule has 2 rings (SSSR count). The minimum absolute atomic E-state index is 0.123. The number of hydrogen-bond acceptors (Lipinski definition) is 4. The molecule has 0 heterocycles. The number of ketones is 3. The van der Waals surface area contributed by atoms with E-state index in [2.05, 4.69) is 31.9 Å². The molecule has 0 bridgehead atoms. The summed E-state index contributed by atoms with van der Waals surface area (Å²) < 4.78 is 5.73. The van der Waals surface area contributed by atoms with Gasteiger partial charge in [-0.2, -0.15) is 0 Å². The molecular formula is C17H12Br2O4. The molecule has 118 valence electrons. The molecule has 0 saturated heterocycles. The molecule has 1 atom stereocenters. The van der Waals surface area contributed by atoms with Crippen LogP contribution < -0.4 is 4.74 Å². The summed E-state index contributed by atoms with van der Waals surface area (Å²) in [7, 11) is 1.55. The number of ether oxygens (including phenoxy) is 1. The fourth-order valence-corrected chi connectivity index (χ4v) is 3.21. The summed E-state index contributed by atoms with van der Waals surface area (Å²) in [4.78, 5) is 36.2. The number of Topliss-reactive ketones (excluding diaryl/α,β-unsaturated/α-hetero) is 2. The van der Waals surface area contributed by atoms with Crippen LogP contribution in [0.4, 0.5) is 0 Å². The van der Waals surface area contributed by atoms with Crippen LogP contribution >= 0.6 is 31.9 Å². The van der Waals surface area contributed by atoms with Gasteiger partial charge in [-0.05, 0) is 45.8 Å². The van der Waals surface area contributed by atoms with Crippen molar-refractivity contribution in [2.24, 2.45) is 5.92 Å². The molecular weight excluding hydrogens is 428 g/mol. The first kappa shape index (κ1) is 17.6. The van der Waals surface area contributed by atoms with E-state index >= 15 is 0 Å². The smallest absolute Gasteiger partial charge is 0.236 e. The van der Waals surface area contributed by atoms with Crippen molar-refractivity contribution in [1.29, 1.82) is 0 Å². The molecule has 1 aliphatic rings. The van der Waals surface area contributed by atoms with E-state index in [1.165, 1.54) is 18.2 Å². The summed E-state index contributed by atoms with van der Waals surface area (Å²) in [6.45, 7) is 0. The quantitative estimate of drug-likeness (QED) is 0.408. The van der Waals surface area contributed by atoms with Crippen molar-refractivity contribution in [3.05, 3.63) is 57.0 Å². The maximum absolute atomic E-state index is 12.3. The molecule has 6 heteroatoms. The zero-order chi connectivity index (χ0) is 17.0. The van der Waals surface area contributed by atoms with E-state index in [-0.39, 0.29) is 4.48 Å². The average Bonchev–Trinajstić information content (AvgIpc) is 2.64. The zero-order valence-electron chi connectivity index (χ0n) is 12.1. The van der Waals surface area contributed by atoms with Gasteiger partial charge in [-0.15, -0.1) is 0 Å². The van der Waals surface area contributed by atoms with Crippen molar-refractivity contribution in [2.45, 2.75) is 0 Å². The van der Waals surface area contributed by atoms with Crippen LogP contribution in [0.1, 0.15) is 5.56 Å². The molecule has 0 amide bonds. The molecule has 1 aromatic carbocycles. The number of methoxy groups -OCH3 is 1. The van der Waals surface area contributed by atoms with Gasteiger partial charge in [-0.25, -0.2) is 0 Å². The van der Waals surface area contributed by atoms with E-state index in [0.29, 0.717) is 10.2 Å². The maximum Gasteiger partial charge on any atom is 0.236 e. The van der Waals surface area contributed by atoms with Crippen LogP contribution in [0, 0.1) is 5.92 Å². The SMILES string of the molecule is COc1cccc(/C=C/C(=O)C2C=C(Br)C=C(Br)C(=O)C2=O)c1. The number of allylic oxidation sites excluding steroid dienone is 5. The van der Waals surface area contributed by atoms with Gasteiger partial charge < -0.3 is 4.74 Å². The number of carbonyl (C=O) groups is 3. The van der Waals surface area contributed by atoms with E-state index in [4.69, 9.17) is 4.74 Å². The topological polar surface area (TPSA) is 60.4 Å². The predicted octanol–water partition coefficient (Wildman–Crippen LogP) is 3.60. The Bertz CT molecular complexity index is 760. The van der Waals surface area contributed by atoms with Crippen LogP contribution in [0.5, 0.6) is 5.75 Å². The third-order valence-corrected chi connectivity index (χ3v) is 4.24. The van der Waals surface area contributed by atoms with Gasteiger partial charge in [0.25, 0.3) is 0 Å². The first-order chi connectivity index (χ1) is 10.9. The Hall–Kier alpha value is -1.79. The highest BCUT2D eigenvalue weighted by Crippen LogP contribution is 2.24. The molecule has 0 saturated carbocycles. The lowest BCUT2D eigenvalue weighted by Crippen LogP contribution is -2.27. The summed E-state index contributed by atoms with van der Waals surface area (Å²) in [6.07, 6.45) is 5.75. The fourth-order valence-electron chi connectivity index (χ4n) is 1.97. The van der Waals surface area contributed by atoms with Gasteiger partial charge in [-0.3, -0.25) is 14.4 Å². The Labute approximate surface area is 150 Å². The number of benzene rings is 1. The van der Waals surface area contributed by atoms with Crippen LogP contribution in [-0.2, 0) is 14.4 Å². The summed E-state index contributed by atoms with van der Waals surface area (Å²) in [5.41, 5.74) is 0.757. The van der Waals surface area contributed by atoms with Gasteiger partial charge in [-0.1, -0.05) is 40.2 Å². The van der Waals surface area contributed by atoms with Gasteiger partial charge >= 0.3 is 0 Å². The monoisotopic (exact) mass is 438 g/mol. The first-order valence-corrected chi connectivity index (χ1v) is 8.20. The number of halogens is 2. The van der Waals surface area contributed by atoms with E-state index < -0.39 is 23.3 Å². The Balaban J connectivity index is 2.22. The largest absolute Gasteiger partial charge is 0.497 e. The Morgan fingerprint density at radius 1 is 1.26 bits per heavy atom. The van der Waals surface area contributed by atoms with Crippen molar-refractivity contribution in [3.8, 4) is 5.75 Å². The lowest BCUT2D eigenvalue weighted by Gasteiger charge is -2.05. The normalized spacial score (nSPS) is 18.5. The highest BCUT2D eigenvalue weighted by Gasteiger charge is 2.31. The van der Waals surface area contributed by atoms with E-state index in [9.17, 15) is 14.4 Å². The third-order valence-electron chi connectivity index (χ3n) is 3.15. The second kappa shape index (κ2) is 7.66. The standard InChI is InChI=1S/C17H12Br2O4/c1-23-12-4-2-3-10(7-12)5-6-15(20)13-8-11(18)9-14(19)17(22)16(13)21/h2-9,13H,1H3/b6-5+. The Kier molecular flexibility index (Phi) is 5.85. The molecule has 1 aliphatic carbocycles. The molecule has 1 unspecified atom stereocenters. The summed E-state index contributed by atoms with van der Waals surface area (Å²) >= 11 is 6.24. The van der Waals surface area contributed by atoms with Crippen molar-refractivity contribution in [1.82, 2.24) is 0 Å². The predicted molar refractivity (Wildman–Crippen MR) is 94.6 cm³/mol. The van der Waals surface area contributed by atoms with Gasteiger partial charge in [0.05, 0.1) is 11.6 Å². The zero-order valence-corrected chi connectivity index (χ0v) is 15.3. The minimum Gasteiger partial charge on any atom is -0.497 e. The van der Waals surface area contributed by atoms with Gasteiger partial charge in [0.2, 0.25) is 11.6 Å². The van der Waals surface area contributed by atoms with E-state index in [0.717, 1.165) is 5.56 Å². The maximum atomic E-state index is 12.3. The number of rotatable bonds is 4. The molecule has 0 radical (unpaired) electrons. The number of hydrogen-bond donors (Lipinski definition) is 0. The van der Waals surface area contributed by atoms with Crippen LogP contribution in [0.2, 0.25) is 0 Å². The molecule has 0 N–H and O–H groups in total. The molecule has 0 fully saturated rings. The second-order valence-corrected chi connectivity index (χ2v) is 6.50. The highest BCUT2D eigenvalue weighted by atomic mass is 79.9. The van der Waals surface area contributed by atoms with Crippen molar-refractivity contribution in [3.63, 3.8) is 0 Å². The molecule has 0 aliphatic heterocycles. The van der Waals surface area contributed by atoms with Crippen molar-refractivity contribution < 1.29 is 19.1 Å². The molecule has 23 heavy (non-hydrogen) atoms. The third kappa shape index (κ3) is 4.36. The molecule has 4 nitrogen and oxygen atoms in total. The van der Waals surface area contributed by atoms with Crippen molar-refractivity contribution >= 4 is 55.3 Å². The molecule has 1 aromatic rings. The van der Waals surface area contributed by atoms with Gasteiger partial charge in [0.1, 0.15) is 11.7 Å². The highest BCUT2D eigenvalue weighted by molar-refractivity contribution is 9.12. The lowest BCUT2D eigenvalue weighted by atomic mass is 9.96.